The zero-order chi connectivity index (χ0) is 15.9. The van der Waals surface area contributed by atoms with Crippen molar-refractivity contribution in [2.45, 2.75) is 11.8 Å². The second-order valence-electron chi connectivity index (χ2n) is 4.76. The Bertz CT molecular complexity index is 630. The highest BCUT2D eigenvalue weighted by Gasteiger charge is 2.24. The molecule has 4 nitrogen and oxygen atoms in total. The predicted octanol–water partition coefficient (Wildman–Crippen LogP) is 3.62. The Hall–Kier alpha value is -2.98. The van der Waals surface area contributed by atoms with Crippen molar-refractivity contribution < 1.29 is 9.47 Å². The Morgan fingerprint density at radius 3 is 1.23 bits per heavy atom. The quantitative estimate of drug-likeness (QED) is 0.844. The van der Waals surface area contributed by atoms with Crippen LogP contribution in [0, 0.1) is 22.7 Å². The molecule has 0 aromatic heterocycles. The minimum absolute atomic E-state index is 0.538. The predicted molar refractivity (Wildman–Crippen MR) is 82.7 cm³/mol. The minimum atomic E-state index is -0.538. The Balaban J connectivity index is 2.33. The van der Waals surface area contributed by atoms with Crippen molar-refractivity contribution in [3.63, 3.8) is 0 Å². The van der Waals surface area contributed by atoms with Crippen molar-refractivity contribution in [2.24, 2.45) is 0 Å². The molecule has 0 amide bonds. The summed E-state index contributed by atoms with van der Waals surface area (Å²) in [7, 11) is 3.18. The summed E-state index contributed by atoms with van der Waals surface area (Å²) in [5.74, 6) is 0.366. The Kier molecular flexibility index (Phi) is 5.01. The molecule has 0 aliphatic heterocycles. The molecule has 0 radical (unpaired) electrons. The van der Waals surface area contributed by atoms with Gasteiger partial charge in [-0.1, -0.05) is 24.3 Å². The molecule has 0 spiro atoms. The van der Waals surface area contributed by atoms with Gasteiger partial charge in [-0.3, -0.25) is 0 Å². The number of rotatable bonds is 5. The number of nitrogens with zero attached hydrogens (tertiary/aromatic N) is 2. The molecule has 0 saturated heterocycles. The van der Waals surface area contributed by atoms with E-state index in [1.165, 1.54) is 0 Å². The summed E-state index contributed by atoms with van der Waals surface area (Å²) in [4.78, 5) is 0. The smallest absolute Gasteiger partial charge is 0.118 e. The van der Waals surface area contributed by atoms with E-state index in [0.29, 0.717) is 0 Å². The fraction of sp³-hybridized carbons (Fsp3) is 0.222. The van der Waals surface area contributed by atoms with Crippen LogP contribution in [0.5, 0.6) is 11.5 Å². The summed E-state index contributed by atoms with van der Waals surface area (Å²) in [6.45, 7) is 0. The van der Waals surface area contributed by atoms with E-state index >= 15 is 0 Å². The summed E-state index contributed by atoms with van der Waals surface area (Å²) in [5.41, 5.74) is 1.59. The lowest BCUT2D eigenvalue weighted by molar-refractivity contribution is 0.414. The number of ether oxygens (including phenoxy) is 2. The molecule has 2 rings (SSSR count). The van der Waals surface area contributed by atoms with Gasteiger partial charge in [-0.05, 0) is 35.4 Å². The lowest BCUT2D eigenvalue weighted by atomic mass is 9.83. The SMILES string of the molecule is COc1ccc([C@@H](C#N)[C@@H](C#N)c2ccc(OC)cc2)cc1. The first kappa shape index (κ1) is 15.4. The van der Waals surface area contributed by atoms with Gasteiger partial charge in [-0.15, -0.1) is 0 Å². The van der Waals surface area contributed by atoms with Gasteiger partial charge >= 0.3 is 0 Å². The van der Waals surface area contributed by atoms with Gasteiger partial charge in [0.05, 0.1) is 38.2 Å². The fourth-order valence-electron chi connectivity index (χ4n) is 2.31. The maximum absolute atomic E-state index is 9.51. The van der Waals surface area contributed by atoms with Crippen molar-refractivity contribution in [1.82, 2.24) is 0 Å². The average Bonchev–Trinajstić information content (AvgIpc) is 2.60. The molecule has 0 bridgehead atoms. The first-order valence-corrected chi connectivity index (χ1v) is 6.80. The van der Waals surface area contributed by atoms with Crippen LogP contribution >= 0.6 is 0 Å². The molecule has 0 saturated carbocycles. The lowest BCUT2D eigenvalue weighted by Crippen LogP contribution is -2.08. The maximum atomic E-state index is 9.51. The third kappa shape index (κ3) is 3.19. The molecular formula is C18H16N2O2. The molecular weight excluding hydrogens is 276 g/mol. The van der Waals surface area contributed by atoms with Crippen molar-refractivity contribution in [3.8, 4) is 23.6 Å². The van der Waals surface area contributed by atoms with E-state index < -0.39 is 11.8 Å². The van der Waals surface area contributed by atoms with Crippen molar-refractivity contribution >= 4 is 0 Å². The molecule has 2 aromatic carbocycles. The number of benzene rings is 2. The Morgan fingerprint density at radius 1 is 0.682 bits per heavy atom. The molecule has 4 heteroatoms. The molecule has 0 unspecified atom stereocenters. The largest absolute Gasteiger partial charge is 0.497 e. The van der Waals surface area contributed by atoms with Gasteiger partial charge in [0, 0.05) is 0 Å². The van der Waals surface area contributed by atoms with Crippen molar-refractivity contribution in [1.29, 1.82) is 10.5 Å². The molecule has 0 aliphatic rings. The number of hydrogen-bond acceptors (Lipinski definition) is 4. The van der Waals surface area contributed by atoms with E-state index in [1.807, 2.05) is 24.3 Å². The topological polar surface area (TPSA) is 66.0 Å². The molecule has 22 heavy (non-hydrogen) atoms. The number of methoxy groups -OCH3 is 2. The van der Waals surface area contributed by atoms with Crippen molar-refractivity contribution in [3.05, 3.63) is 59.7 Å². The molecule has 0 heterocycles. The van der Waals surface area contributed by atoms with Crippen LogP contribution in [0.25, 0.3) is 0 Å². The van der Waals surface area contributed by atoms with E-state index in [-0.39, 0.29) is 0 Å². The van der Waals surface area contributed by atoms with Crippen LogP contribution in [0.15, 0.2) is 48.5 Å². The average molecular weight is 292 g/mol. The van der Waals surface area contributed by atoms with Gasteiger partial charge < -0.3 is 9.47 Å². The van der Waals surface area contributed by atoms with Crippen LogP contribution in [-0.2, 0) is 0 Å². The molecule has 110 valence electrons. The number of hydrogen-bond donors (Lipinski definition) is 0. The maximum Gasteiger partial charge on any atom is 0.118 e. The van der Waals surface area contributed by atoms with E-state index in [4.69, 9.17) is 9.47 Å². The summed E-state index contributed by atoms with van der Waals surface area (Å²) < 4.78 is 10.2. The van der Waals surface area contributed by atoms with Crippen LogP contribution in [-0.4, -0.2) is 14.2 Å². The van der Waals surface area contributed by atoms with Crippen LogP contribution < -0.4 is 9.47 Å². The number of nitriles is 2. The molecule has 2 aromatic rings. The second kappa shape index (κ2) is 7.15. The zero-order valence-corrected chi connectivity index (χ0v) is 12.5. The van der Waals surface area contributed by atoms with Crippen LogP contribution in [0.1, 0.15) is 23.0 Å². The van der Waals surface area contributed by atoms with Gasteiger partial charge in [0.25, 0.3) is 0 Å². The lowest BCUT2D eigenvalue weighted by Gasteiger charge is -2.17. The second-order valence-corrected chi connectivity index (χ2v) is 4.76. The highest BCUT2D eigenvalue weighted by Crippen LogP contribution is 2.33. The third-order valence-corrected chi connectivity index (χ3v) is 3.56. The summed E-state index contributed by atoms with van der Waals surface area (Å²) >= 11 is 0. The summed E-state index contributed by atoms with van der Waals surface area (Å²) in [6, 6.07) is 18.9. The van der Waals surface area contributed by atoms with Gasteiger partial charge in [0.1, 0.15) is 11.5 Å². The zero-order valence-electron chi connectivity index (χ0n) is 12.5. The van der Waals surface area contributed by atoms with Crippen LogP contribution in [0.3, 0.4) is 0 Å². The van der Waals surface area contributed by atoms with Crippen molar-refractivity contribution in [2.75, 3.05) is 14.2 Å². The first-order chi connectivity index (χ1) is 10.7. The van der Waals surface area contributed by atoms with Crippen LogP contribution in [0.4, 0.5) is 0 Å². The summed E-state index contributed by atoms with van der Waals surface area (Å²) in [6.07, 6.45) is 0. The van der Waals surface area contributed by atoms with E-state index in [1.54, 1.807) is 38.5 Å². The summed E-state index contributed by atoms with van der Waals surface area (Å²) in [5, 5.41) is 19.0. The van der Waals surface area contributed by atoms with Crippen LogP contribution in [0.2, 0.25) is 0 Å². The third-order valence-electron chi connectivity index (χ3n) is 3.56. The fourth-order valence-corrected chi connectivity index (χ4v) is 2.31. The molecule has 2 atom stereocenters. The molecule has 0 aliphatic carbocycles. The Morgan fingerprint density at radius 2 is 1.00 bits per heavy atom. The van der Waals surface area contributed by atoms with Gasteiger partial charge in [0.15, 0.2) is 0 Å². The van der Waals surface area contributed by atoms with E-state index in [0.717, 1.165) is 22.6 Å². The Labute approximate surface area is 130 Å². The standard InChI is InChI=1S/C18H16N2O2/c1-21-15-7-3-13(4-8-15)17(11-19)18(12-20)14-5-9-16(22-2)10-6-14/h3-10,17-18H,1-2H3/t17-,18+. The monoisotopic (exact) mass is 292 g/mol. The van der Waals surface area contributed by atoms with Gasteiger partial charge in [-0.2, -0.15) is 10.5 Å². The van der Waals surface area contributed by atoms with E-state index in [9.17, 15) is 10.5 Å². The minimum Gasteiger partial charge on any atom is -0.497 e. The molecule has 0 fully saturated rings. The highest BCUT2D eigenvalue weighted by atomic mass is 16.5. The van der Waals surface area contributed by atoms with Gasteiger partial charge in [-0.25, -0.2) is 0 Å². The molecule has 0 N–H and O–H groups in total. The van der Waals surface area contributed by atoms with Gasteiger partial charge in [0.2, 0.25) is 0 Å². The highest BCUT2D eigenvalue weighted by molar-refractivity contribution is 5.40. The normalized spacial score (nSPS) is 12.5. The first-order valence-electron chi connectivity index (χ1n) is 6.80. The van der Waals surface area contributed by atoms with E-state index in [2.05, 4.69) is 12.1 Å².